The predicted molar refractivity (Wildman–Crippen MR) is 109 cm³/mol. The van der Waals surface area contributed by atoms with Crippen molar-refractivity contribution < 1.29 is 19.2 Å². The number of nitrogens with zero attached hydrogens (tertiary/aromatic N) is 2. The number of hydrogen-bond donors (Lipinski definition) is 2. The van der Waals surface area contributed by atoms with E-state index in [1.807, 2.05) is 19.9 Å². The molecule has 0 bridgehead atoms. The van der Waals surface area contributed by atoms with Crippen LogP contribution in [0.4, 0.5) is 0 Å². The van der Waals surface area contributed by atoms with Crippen molar-refractivity contribution >= 4 is 23.6 Å². The highest BCUT2D eigenvalue weighted by atomic mass is 16.2. The Balaban J connectivity index is 1.95. The Labute approximate surface area is 171 Å². The highest BCUT2D eigenvalue weighted by Crippen LogP contribution is 2.11. The molecule has 29 heavy (non-hydrogen) atoms. The Morgan fingerprint density at radius 2 is 1.38 bits per heavy atom. The third-order valence-corrected chi connectivity index (χ3v) is 4.75. The van der Waals surface area contributed by atoms with Gasteiger partial charge in [-0.1, -0.05) is 32.0 Å². The highest BCUT2D eigenvalue weighted by molar-refractivity contribution is 6.35. The quantitative estimate of drug-likeness (QED) is 0.706. The fourth-order valence-corrected chi connectivity index (χ4v) is 3.12. The lowest BCUT2D eigenvalue weighted by atomic mass is 10.0. The average molecular weight is 402 g/mol. The summed E-state index contributed by atoms with van der Waals surface area (Å²) in [7, 11) is 0. The minimum Gasteiger partial charge on any atom is -0.346 e. The van der Waals surface area contributed by atoms with Crippen molar-refractivity contribution in [3.63, 3.8) is 0 Å². The molecule has 8 heteroatoms. The van der Waals surface area contributed by atoms with Gasteiger partial charge in [-0.2, -0.15) is 0 Å². The maximum absolute atomic E-state index is 13.0. The van der Waals surface area contributed by atoms with E-state index in [1.165, 1.54) is 4.90 Å². The van der Waals surface area contributed by atoms with Crippen LogP contribution >= 0.6 is 0 Å². The molecular formula is C21H30N4O4. The standard InChI is InChI=1S/C21H30N4O4/c1-14(2)17(23-18(26)16-8-6-5-7-9-16)20(28)24-10-12-25(13-11-24)21(29)19(27)22-15(3)4/h5-9,14-15,17H,10-13H2,1-4H3,(H,22,27)(H,23,26). The minimum atomic E-state index is -0.658. The molecule has 1 aliphatic heterocycles. The molecule has 2 N–H and O–H groups in total. The molecule has 1 heterocycles. The Bertz CT molecular complexity index is 740. The van der Waals surface area contributed by atoms with Gasteiger partial charge in [-0.25, -0.2) is 0 Å². The van der Waals surface area contributed by atoms with E-state index in [9.17, 15) is 19.2 Å². The summed E-state index contributed by atoms with van der Waals surface area (Å²) in [5.41, 5.74) is 0.498. The second-order valence-corrected chi connectivity index (χ2v) is 7.81. The molecule has 4 amide bonds. The van der Waals surface area contributed by atoms with Crippen LogP contribution in [0, 0.1) is 5.92 Å². The number of hydrogen-bond acceptors (Lipinski definition) is 4. The highest BCUT2D eigenvalue weighted by Gasteiger charge is 2.33. The minimum absolute atomic E-state index is 0.0911. The van der Waals surface area contributed by atoms with Crippen molar-refractivity contribution in [2.75, 3.05) is 26.2 Å². The topological polar surface area (TPSA) is 98.8 Å². The van der Waals surface area contributed by atoms with Crippen LogP contribution in [-0.2, 0) is 14.4 Å². The largest absolute Gasteiger partial charge is 0.346 e. The molecule has 8 nitrogen and oxygen atoms in total. The summed E-state index contributed by atoms with van der Waals surface area (Å²) in [5.74, 6) is -1.77. The van der Waals surface area contributed by atoms with Gasteiger partial charge in [0.1, 0.15) is 6.04 Å². The lowest BCUT2D eigenvalue weighted by Crippen LogP contribution is -2.58. The molecule has 2 rings (SSSR count). The first-order valence-corrected chi connectivity index (χ1v) is 9.95. The zero-order chi connectivity index (χ0) is 21.6. The first kappa shape index (κ1) is 22.4. The van der Waals surface area contributed by atoms with Crippen LogP contribution in [0.2, 0.25) is 0 Å². The van der Waals surface area contributed by atoms with Gasteiger partial charge in [-0.05, 0) is 31.9 Å². The molecule has 0 aliphatic carbocycles. The molecule has 1 saturated heterocycles. The molecule has 1 atom stereocenters. The predicted octanol–water partition coefficient (Wildman–Crippen LogP) is 0.636. The Kier molecular flexibility index (Phi) is 7.75. The molecule has 0 radical (unpaired) electrons. The van der Waals surface area contributed by atoms with Crippen molar-refractivity contribution in [3.8, 4) is 0 Å². The second-order valence-electron chi connectivity index (χ2n) is 7.81. The molecule has 1 aromatic rings. The average Bonchev–Trinajstić information content (AvgIpc) is 2.70. The van der Waals surface area contributed by atoms with E-state index in [0.29, 0.717) is 18.7 Å². The van der Waals surface area contributed by atoms with Gasteiger partial charge in [0.05, 0.1) is 0 Å². The number of rotatable bonds is 5. The molecule has 1 aromatic carbocycles. The summed E-state index contributed by atoms with van der Waals surface area (Å²) >= 11 is 0. The summed E-state index contributed by atoms with van der Waals surface area (Å²) in [6, 6.07) is 7.99. The van der Waals surface area contributed by atoms with Crippen molar-refractivity contribution in [1.29, 1.82) is 0 Å². The van der Waals surface area contributed by atoms with Gasteiger partial charge in [-0.3, -0.25) is 19.2 Å². The molecule has 1 unspecified atom stereocenters. The van der Waals surface area contributed by atoms with Crippen LogP contribution in [0.15, 0.2) is 30.3 Å². The smallest absolute Gasteiger partial charge is 0.312 e. The van der Waals surface area contributed by atoms with Gasteiger partial charge in [0.15, 0.2) is 0 Å². The van der Waals surface area contributed by atoms with Crippen molar-refractivity contribution in [2.45, 2.75) is 39.8 Å². The molecule has 1 fully saturated rings. The van der Waals surface area contributed by atoms with E-state index >= 15 is 0 Å². The number of carbonyl (C=O) groups is 4. The Morgan fingerprint density at radius 3 is 1.90 bits per heavy atom. The lowest BCUT2D eigenvalue weighted by Gasteiger charge is -2.37. The van der Waals surface area contributed by atoms with Crippen molar-refractivity contribution in [1.82, 2.24) is 20.4 Å². The maximum Gasteiger partial charge on any atom is 0.312 e. The molecule has 0 aromatic heterocycles. The SMILES string of the molecule is CC(C)NC(=O)C(=O)N1CCN(C(=O)C(NC(=O)c2ccccc2)C(C)C)CC1. The number of amides is 4. The van der Waals surface area contributed by atoms with E-state index in [-0.39, 0.29) is 36.9 Å². The number of benzene rings is 1. The molecule has 0 saturated carbocycles. The van der Waals surface area contributed by atoms with Crippen molar-refractivity contribution in [2.24, 2.45) is 5.92 Å². The van der Waals surface area contributed by atoms with Crippen LogP contribution in [0.5, 0.6) is 0 Å². The molecule has 0 spiro atoms. The van der Waals surface area contributed by atoms with E-state index in [4.69, 9.17) is 0 Å². The molecule has 158 valence electrons. The summed E-state index contributed by atoms with van der Waals surface area (Å²) in [6.45, 7) is 8.55. The lowest BCUT2D eigenvalue weighted by molar-refractivity contribution is -0.149. The summed E-state index contributed by atoms with van der Waals surface area (Å²) in [4.78, 5) is 52.7. The zero-order valence-corrected chi connectivity index (χ0v) is 17.5. The fraction of sp³-hybridized carbons (Fsp3) is 0.524. The van der Waals surface area contributed by atoms with Gasteiger partial charge >= 0.3 is 11.8 Å². The van der Waals surface area contributed by atoms with Crippen LogP contribution in [-0.4, -0.2) is 71.7 Å². The first-order valence-electron chi connectivity index (χ1n) is 9.95. The third kappa shape index (κ3) is 6.04. The van der Waals surface area contributed by atoms with Crippen LogP contribution in [0.1, 0.15) is 38.1 Å². The fourth-order valence-electron chi connectivity index (χ4n) is 3.12. The monoisotopic (exact) mass is 402 g/mol. The first-order chi connectivity index (χ1) is 13.7. The van der Waals surface area contributed by atoms with E-state index in [2.05, 4.69) is 10.6 Å². The Morgan fingerprint density at radius 1 is 0.828 bits per heavy atom. The van der Waals surface area contributed by atoms with E-state index < -0.39 is 17.9 Å². The van der Waals surface area contributed by atoms with Gasteiger partial charge in [0, 0.05) is 37.8 Å². The van der Waals surface area contributed by atoms with Gasteiger partial charge in [-0.15, -0.1) is 0 Å². The molecular weight excluding hydrogens is 372 g/mol. The summed E-state index contributed by atoms with van der Waals surface area (Å²) in [6.07, 6.45) is 0. The van der Waals surface area contributed by atoms with Crippen LogP contribution < -0.4 is 10.6 Å². The van der Waals surface area contributed by atoms with Gasteiger partial charge < -0.3 is 20.4 Å². The van der Waals surface area contributed by atoms with E-state index in [0.717, 1.165) is 0 Å². The van der Waals surface area contributed by atoms with Crippen LogP contribution in [0.25, 0.3) is 0 Å². The third-order valence-electron chi connectivity index (χ3n) is 4.75. The van der Waals surface area contributed by atoms with Crippen LogP contribution in [0.3, 0.4) is 0 Å². The number of nitrogens with one attached hydrogen (secondary N) is 2. The normalized spacial score (nSPS) is 15.2. The summed E-state index contributed by atoms with van der Waals surface area (Å²) < 4.78 is 0. The summed E-state index contributed by atoms with van der Waals surface area (Å²) in [5, 5.41) is 5.41. The van der Waals surface area contributed by atoms with Crippen molar-refractivity contribution in [3.05, 3.63) is 35.9 Å². The van der Waals surface area contributed by atoms with Gasteiger partial charge in [0.2, 0.25) is 5.91 Å². The second kappa shape index (κ2) is 10.0. The van der Waals surface area contributed by atoms with Gasteiger partial charge in [0.25, 0.3) is 5.91 Å². The van der Waals surface area contributed by atoms with E-state index in [1.54, 1.807) is 43.0 Å². The Hall–Kier alpha value is -2.90. The number of carbonyl (C=O) groups excluding carboxylic acids is 4. The maximum atomic E-state index is 13.0. The number of piperazine rings is 1. The molecule has 1 aliphatic rings. The zero-order valence-electron chi connectivity index (χ0n) is 17.5.